The zero-order chi connectivity index (χ0) is 11.7. The van der Waals surface area contributed by atoms with Crippen molar-refractivity contribution in [3.05, 3.63) is 0 Å². The van der Waals surface area contributed by atoms with Gasteiger partial charge in [-0.3, -0.25) is 9.59 Å². The van der Waals surface area contributed by atoms with E-state index in [-0.39, 0.29) is 17.9 Å². The quantitative estimate of drug-likeness (QED) is 0.488. The highest BCUT2D eigenvalue weighted by Gasteiger charge is 2.11. The van der Waals surface area contributed by atoms with Gasteiger partial charge in [0, 0.05) is 13.0 Å². The van der Waals surface area contributed by atoms with Crippen LogP contribution in [0.15, 0.2) is 0 Å². The summed E-state index contributed by atoms with van der Waals surface area (Å²) in [6.07, 6.45) is 2.82. The predicted molar refractivity (Wildman–Crippen MR) is 59.2 cm³/mol. The Labute approximate surface area is 90.8 Å². The molecular formula is C10H21N3O2. The third kappa shape index (κ3) is 6.90. The smallest absolute Gasteiger partial charge is 0.234 e. The predicted octanol–water partition coefficient (Wildman–Crippen LogP) is -0.244. The van der Waals surface area contributed by atoms with Crippen LogP contribution in [0.25, 0.3) is 0 Å². The maximum atomic E-state index is 11.1. The minimum atomic E-state index is -0.350. The lowest BCUT2D eigenvalue weighted by molar-refractivity contribution is -0.121. The van der Waals surface area contributed by atoms with Crippen molar-refractivity contribution in [1.29, 1.82) is 0 Å². The van der Waals surface area contributed by atoms with Gasteiger partial charge in [0.15, 0.2) is 0 Å². The van der Waals surface area contributed by atoms with Gasteiger partial charge in [0.05, 0.1) is 6.04 Å². The molecule has 0 aromatic carbocycles. The van der Waals surface area contributed by atoms with Crippen molar-refractivity contribution in [1.82, 2.24) is 10.6 Å². The Morgan fingerprint density at radius 3 is 2.53 bits per heavy atom. The summed E-state index contributed by atoms with van der Waals surface area (Å²) in [7, 11) is 1.70. The maximum Gasteiger partial charge on any atom is 0.234 e. The van der Waals surface area contributed by atoms with Crippen molar-refractivity contribution >= 4 is 11.8 Å². The minimum Gasteiger partial charge on any atom is -0.368 e. The Hall–Kier alpha value is -1.10. The first-order valence-corrected chi connectivity index (χ1v) is 5.35. The molecule has 0 bridgehead atoms. The molecule has 15 heavy (non-hydrogen) atoms. The molecule has 0 rings (SSSR count). The van der Waals surface area contributed by atoms with E-state index >= 15 is 0 Å². The van der Waals surface area contributed by atoms with Crippen molar-refractivity contribution < 1.29 is 9.59 Å². The number of rotatable bonds is 8. The van der Waals surface area contributed by atoms with E-state index in [1.165, 1.54) is 0 Å². The van der Waals surface area contributed by atoms with Gasteiger partial charge in [-0.15, -0.1) is 0 Å². The Balaban J connectivity index is 3.52. The van der Waals surface area contributed by atoms with E-state index in [1.807, 2.05) is 6.92 Å². The van der Waals surface area contributed by atoms with Gasteiger partial charge in [0.25, 0.3) is 0 Å². The number of amides is 2. The molecular weight excluding hydrogens is 194 g/mol. The van der Waals surface area contributed by atoms with Crippen molar-refractivity contribution in [2.45, 2.75) is 38.6 Å². The van der Waals surface area contributed by atoms with E-state index in [0.717, 1.165) is 12.8 Å². The Kier molecular flexibility index (Phi) is 7.62. The molecule has 0 spiro atoms. The molecule has 2 amide bonds. The van der Waals surface area contributed by atoms with Gasteiger partial charge in [0.1, 0.15) is 0 Å². The van der Waals surface area contributed by atoms with Crippen LogP contribution in [0.2, 0.25) is 0 Å². The van der Waals surface area contributed by atoms with Crippen LogP contribution in [0.1, 0.15) is 32.6 Å². The highest BCUT2D eigenvalue weighted by molar-refractivity contribution is 5.79. The fraction of sp³-hybridized carbons (Fsp3) is 0.800. The van der Waals surface area contributed by atoms with Crippen LogP contribution < -0.4 is 16.4 Å². The third-order valence-corrected chi connectivity index (χ3v) is 2.16. The molecule has 0 aliphatic rings. The number of nitrogens with two attached hydrogens (primary N) is 1. The molecule has 5 heteroatoms. The van der Waals surface area contributed by atoms with E-state index in [1.54, 1.807) is 7.05 Å². The van der Waals surface area contributed by atoms with E-state index in [2.05, 4.69) is 10.6 Å². The monoisotopic (exact) mass is 215 g/mol. The van der Waals surface area contributed by atoms with Crippen LogP contribution >= 0.6 is 0 Å². The minimum absolute atomic E-state index is 0.0672. The van der Waals surface area contributed by atoms with Crippen LogP contribution in [0.3, 0.4) is 0 Å². The molecule has 0 saturated heterocycles. The summed E-state index contributed by atoms with van der Waals surface area (Å²) < 4.78 is 0. The lowest BCUT2D eigenvalue weighted by atomic mass is 10.1. The Morgan fingerprint density at radius 1 is 1.40 bits per heavy atom. The molecule has 0 radical (unpaired) electrons. The van der Waals surface area contributed by atoms with Gasteiger partial charge in [-0.25, -0.2) is 0 Å². The molecule has 4 N–H and O–H groups in total. The molecule has 0 saturated carbocycles. The van der Waals surface area contributed by atoms with Crippen LogP contribution in [0, 0.1) is 0 Å². The van der Waals surface area contributed by atoms with E-state index in [0.29, 0.717) is 19.4 Å². The Bertz CT molecular complexity index is 207. The number of hydrogen-bond acceptors (Lipinski definition) is 3. The van der Waals surface area contributed by atoms with Crippen LogP contribution in [-0.2, 0) is 9.59 Å². The van der Waals surface area contributed by atoms with Crippen LogP contribution in [0.4, 0.5) is 0 Å². The summed E-state index contributed by atoms with van der Waals surface area (Å²) in [6, 6.07) is -0.298. The van der Waals surface area contributed by atoms with Gasteiger partial charge in [-0.2, -0.15) is 0 Å². The molecule has 0 heterocycles. The van der Waals surface area contributed by atoms with Gasteiger partial charge < -0.3 is 16.4 Å². The van der Waals surface area contributed by atoms with E-state index in [9.17, 15) is 9.59 Å². The average Bonchev–Trinajstić information content (AvgIpc) is 2.17. The largest absolute Gasteiger partial charge is 0.368 e. The van der Waals surface area contributed by atoms with Gasteiger partial charge in [0.2, 0.25) is 11.8 Å². The molecule has 0 fully saturated rings. The fourth-order valence-electron chi connectivity index (χ4n) is 1.28. The first-order valence-electron chi connectivity index (χ1n) is 5.35. The maximum absolute atomic E-state index is 11.1. The van der Waals surface area contributed by atoms with E-state index < -0.39 is 0 Å². The number of hydrogen-bond donors (Lipinski definition) is 3. The summed E-state index contributed by atoms with van der Waals surface area (Å²) in [5.74, 6) is -0.282. The number of carbonyl (C=O) groups is 2. The van der Waals surface area contributed by atoms with E-state index in [4.69, 9.17) is 5.73 Å². The van der Waals surface area contributed by atoms with Crippen LogP contribution in [0.5, 0.6) is 0 Å². The molecule has 0 aliphatic carbocycles. The first-order chi connectivity index (χ1) is 7.11. The summed E-state index contributed by atoms with van der Waals surface area (Å²) in [5.41, 5.74) is 5.15. The molecule has 0 aromatic heterocycles. The van der Waals surface area contributed by atoms with Gasteiger partial charge >= 0.3 is 0 Å². The molecule has 1 unspecified atom stereocenters. The first kappa shape index (κ1) is 13.9. The third-order valence-electron chi connectivity index (χ3n) is 2.16. The second-order valence-electron chi connectivity index (χ2n) is 3.49. The van der Waals surface area contributed by atoms with Crippen molar-refractivity contribution in [2.24, 2.45) is 5.73 Å². The second kappa shape index (κ2) is 8.23. The summed E-state index contributed by atoms with van der Waals surface area (Å²) in [4.78, 5) is 21.9. The fourth-order valence-corrected chi connectivity index (χ4v) is 1.28. The molecule has 1 atom stereocenters. The standard InChI is InChI=1S/C10H21N3O2/c1-3-5-9(14)13-7-4-6-8(12-2)10(11)15/h8,12H,3-7H2,1-2H3,(H2,11,15)(H,13,14). The highest BCUT2D eigenvalue weighted by Crippen LogP contribution is 1.95. The normalized spacial score (nSPS) is 12.1. The Morgan fingerprint density at radius 2 is 2.07 bits per heavy atom. The number of primary amides is 1. The van der Waals surface area contributed by atoms with Crippen molar-refractivity contribution in [3.63, 3.8) is 0 Å². The SMILES string of the molecule is CCCC(=O)NCCCC(NC)C(N)=O. The zero-order valence-corrected chi connectivity index (χ0v) is 9.51. The molecule has 0 aliphatic heterocycles. The summed E-state index contributed by atoms with van der Waals surface area (Å²) in [6.45, 7) is 2.56. The number of likely N-dealkylation sites (N-methyl/N-ethyl adjacent to an activating group) is 1. The molecule has 0 aromatic rings. The van der Waals surface area contributed by atoms with Gasteiger partial charge in [-0.1, -0.05) is 6.92 Å². The lowest BCUT2D eigenvalue weighted by Gasteiger charge is -2.11. The van der Waals surface area contributed by atoms with Gasteiger partial charge in [-0.05, 0) is 26.3 Å². The van der Waals surface area contributed by atoms with Crippen molar-refractivity contribution in [2.75, 3.05) is 13.6 Å². The summed E-state index contributed by atoms with van der Waals surface area (Å²) >= 11 is 0. The second-order valence-corrected chi connectivity index (χ2v) is 3.49. The summed E-state index contributed by atoms with van der Waals surface area (Å²) in [5, 5.41) is 5.61. The van der Waals surface area contributed by atoms with Crippen LogP contribution in [-0.4, -0.2) is 31.4 Å². The average molecular weight is 215 g/mol. The van der Waals surface area contributed by atoms with Crippen molar-refractivity contribution in [3.8, 4) is 0 Å². The topological polar surface area (TPSA) is 84.2 Å². The zero-order valence-electron chi connectivity index (χ0n) is 9.51. The highest BCUT2D eigenvalue weighted by atomic mass is 16.2. The lowest BCUT2D eigenvalue weighted by Crippen LogP contribution is -2.39. The molecule has 5 nitrogen and oxygen atoms in total. The number of carbonyl (C=O) groups excluding carboxylic acids is 2. The number of nitrogens with one attached hydrogen (secondary N) is 2. The molecule has 88 valence electrons.